The van der Waals surface area contributed by atoms with Crippen molar-refractivity contribution in [2.24, 2.45) is 11.0 Å². The molecule has 1 unspecified atom stereocenters. The third-order valence-electron chi connectivity index (χ3n) is 5.93. The molecule has 4 rings (SSSR count). The summed E-state index contributed by atoms with van der Waals surface area (Å²) in [7, 11) is 0. The summed E-state index contributed by atoms with van der Waals surface area (Å²) in [5, 5.41) is 13.7. The van der Waals surface area contributed by atoms with E-state index in [-0.39, 0.29) is 5.92 Å². The summed E-state index contributed by atoms with van der Waals surface area (Å²) in [6.45, 7) is 3.06. The van der Waals surface area contributed by atoms with Crippen LogP contribution in [0.15, 0.2) is 84.0 Å². The first-order valence-corrected chi connectivity index (χ1v) is 11.2. The van der Waals surface area contributed by atoms with E-state index in [9.17, 15) is 9.90 Å². The van der Waals surface area contributed by atoms with E-state index < -0.39 is 5.97 Å². The first-order valence-electron chi connectivity index (χ1n) is 11.2. The Morgan fingerprint density at radius 3 is 2.59 bits per heavy atom. The van der Waals surface area contributed by atoms with Gasteiger partial charge in [-0.25, -0.2) is 0 Å². The third kappa shape index (κ3) is 5.62. The van der Waals surface area contributed by atoms with Crippen molar-refractivity contribution in [2.75, 3.05) is 26.2 Å². The van der Waals surface area contributed by atoms with E-state index in [4.69, 9.17) is 0 Å². The largest absolute Gasteiger partial charge is 0.481 e. The molecule has 3 aromatic rings. The molecule has 2 N–H and O–H groups in total. The summed E-state index contributed by atoms with van der Waals surface area (Å²) in [6, 6.07) is 27.2. The van der Waals surface area contributed by atoms with E-state index in [0.717, 1.165) is 42.6 Å². The minimum Gasteiger partial charge on any atom is -0.481 e. The summed E-state index contributed by atoms with van der Waals surface area (Å²) >= 11 is 0. The Hall–Kier alpha value is -3.44. The molecule has 1 heterocycles. The van der Waals surface area contributed by atoms with Crippen LogP contribution in [0.5, 0.6) is 0 Å². The zero-order chi connectivity index (χ0) is 22.2. The second-order valence-electron chi connectivity index (χ2n) is 8.18. The number of hydrogen-bond acceptors (Lipinski definition) is 4. The molecule has 0 aromatic heterocycles. The molecule has 1 fully saturated rings. The molecule has 1 aliphatic rings. The van der Waals surface area contributed by atoms with Crippen LogP contribution in [0.1, 0.15) is 18.4 Å². The second kappa shape index (κ2) is 10.7. The van der Waals surface area contributed by atoms with Gasteiger partial charge in [-0.15, -0.1) is 0 Å². The Labute approximate surface area is 189 Å². The monoisotopic (exact) mass is 427 g/mol. The summed E-state index contributed by atoms with van der Waals surface area (Å²) < 4.78 is 0. The first-order chi connectivity index (χ1) is 15.7. The van der Waals surface area contributed by atoms with Crippen molar-refractivity contribution < 1.29 is 9.90 Å². The molecule has 0 radical (unpaired) electrons. The molecule has 5 heteroatoms. The highest BCUT2D eigenvalue weighted by molar-refractivity contribution is 5.91. The van der Waals surface area contributed by atoms with E-state index in [0.29, 0.717) is 13.1 Å². The van der Waals surface area contributed by atoms with Crippen molar-refractivity contribution in [3.63, 3.8) is 0 Å². The Morgan fingerprint density at radius 2 is 1.75 bits per heavy atom. The van der Waals surface area contributed by atoms with Gasteiger partial charge < -0.3 is 15.4 Å². The van der Waals surface area contributed by atoms with Crippen molar-refractivity contribution in [1.82, 2.24) is 10.3 Å². The SMILES string of the molecule is O=C(O)C1CCCN(CCN/N=C/c2ccccc2-c2cccc(-c3ccccc3)c2)C1. The maximum Gasteiger partial charge on any atom is 0.307 e. The molecule has 0 saturated carbocycles. The van der Waals surface area contributed by atoms with E-state index >= 15 is 0 Å². The predicted molar refractivity (Wildman–Crippen MR) is 130 cm³/mol. The smallest absolute Gasteiger partial charge is 0.307 e. The Balaban J connectivity index is 1.39. The van der Waals surface area contributed by atoms with E-state index in [1.54, 1.807) is 0 Å². The quantitative estimate of drug-likeness (QED) is 0.310. The number of carboxylic acids is 1. The molecule has 0 spiro atoms. The summed E-state index contributed by atoms with van der Waals surface area (Å²) in [5.41, 5.74) is 8.85. The number of nitrogens with one attached hydrogen (secondary N) is 1. The van der Waals surface area contributed by atoms with Gasteiger partial charge in [0.15, 0.2) is 0 Å². The van der Waals surface area contributed by atoms with Gasteiger partial charge in [0, 0.05) is 25.2 Å². The number of hydrazone groups is 1. The van der Waals surface area contributed by atoms with Crippen LogP contribution in [-0.2, 0) is 4.79 Å². The van der Waals surface area contributed by atoms with Gasteiger partial charge >= 0.3 is 5.97 Å². The van der Waals surface area contributed by atoms with Gasteiger partial charge in [0.2, 0.25) is 0 Å². The van der Waals surface area contributed by atoms with Crippen molar-refractivity contribution in [2.45, 2.75) is 12.8 Å². The maximum absolute atomic E-state index is 11.2. The van der Waals surface area contributed by atoms with Gasteiger partial charge in [-0.1, -0.05) is 72.8 Å². The molecular weight excluding hydrogens is 398 g/mol. The lowest BCUT2D eigenvalue weighted by molar-refractivity contribution is -0.143. The molecule has 1 saturated heterocycles. The fourth-order valence-electron chi connectivity index (χ4n) is 4.22. The van der Waals surface area contributed by atoms with Crippen LogP contribution in [0, 0.1) is 5.92 Å². The van der Waals surface area contributed by atoms with Gasteiger partial charge in [-0.05, 0) is 47.7 Å². The van der Waals surface area contributed by atoms with E-state index in [1.807, 2.05) is 24.4 Å². The molecule has 3 aromatic carbocycles. The molecule has 0 amide bonds. The maximum atomic E-state index is 11.2. The highest BCUT2D eigenvalue weighted by Gasteiger charge is 2.24. The van der Waals surface area contributed by atoms with Gasteiger partial charge in [-0.2, -0.15) is 5.10 Å². The number of hydrogen-bond donors (Lipinski definition) is 2. The van der Waals surface area contributed by atoms with Crippen LogP contribution in [0.3, 0.4) is 0 Å². The average molecular weight is 428 g/mol. The van der Waals surface area contributed by atoms with Gasteiger partial charge in [0.05, 0.1) is 12.1 Å². The zero-order valence-corrected chi connectivity index (χ0v) is 18.2. The van der Waals surface area contributed by atoms with Crippen molar-refractivity contribution >= 4 is 12.2 Å². The minimum atomic E-state index is -0.686. The lowest BCUT2D eigenvalue weighted by Gasteiger charge is -2.30. The van der Waals surface area contributed by atoms with Crippen LogP contribution in [0.4, 0.5) is 0 Å². The summed E-state index contributed by atoms with van der Waals surface area (Å²) in [5.74, 6) is -0.931. The van der Waals surface area contributed by atoms with E-state index in [1.165, 1.54) is 11.1 Å². The number of aliphatic carboxylic acids is 1. The normalized spacial score (nSPS) is 16.8. The Morgan fingerprint density at radius 1 is 1.00 bits per heavy atom. The second-order valence-corrected chi connectivity index (χ2v) is 8.18. The molecule has 0 aliphatic carbocycles. The number of nitrogens with zero attached hydrogens (tertiary/aromatic N) is 2. The highest BCUT2D eigenvalue weighted by Crippen LogP contribution is 2.28. The van der Waals surface area contributed by atoms with Crippen LogP contribution < -0.4 is 5.43 Å². The summed E-state index contributed by atoms with van der Waals surface area (Å²) in [4.78, 5) is 13.4. The fourth-order valence-corrected chi connectivity index (χ4v) is 4.22. The number of rotatable bonds is 8. The van der Waals surface area contributed by atoms with Crippen molar-refractivity contribution in [1.29, 1.82) is 0 Å². The number of piperidine rings is 1. The standard InChI is InChI=1S/C27H29N3O2/c31-27(32)25-13-7-16-30(20-25)17-15-28-29-19-24-10-4-5-14-26(24)23-12-6-11-22(18-23)21-8-2-1-3-9-21/h1-6,8-12,14,18-19,25,28H,7,13,15-17,20H2,(H,31,32)/b29-19+. The van der Waals surface area contributed by atoms with Gasteiger partial charge in [-0.3, -0.25) is 4.79 Å². The zero-order valence-electron chi connectivity index (χ0n) is 18.2. The van der Waals surface area contributed by atoms with E-state index in [2.05, 4.69) is 76.1 Å². The van der Waals surface area contributed by atoms with Crippen LogP contribution in [0.2, 0.25) is 0 Å². The number of benzene rings is 3. The third-order valence-corrected chi connectivity index (χ3v) is 5.93. The number of likely N-dealkylation sites (tertiary alicyclic amines) is 1. The van der Waals surface area contributed by atoms with Crippen molar-refractivity contribution in [3.05, 3.63) is 84.4 Å². The first kappa shape index (κ1) is 21.8. The van der Waals surface area contributed by atoms with Crippen LogP contribution >= 0.6 is 0 Å². The molecule has 32 heavy (non-hydrogen) atoms. The fraction of sp³-hybridized carbons (Fsp3) is 0.259. The molecule has 5 nitrogen and oxygen atoms in total. The minimum absolute atomic E-state index is 0.245. The number of carboxylic acid groups (broad SMARTS) is 1. The highest BCUT2D eigenvalue weighted by atomic mass is 16.4. The van der Waals surface area contributed by atoms with Crippen LogP contribution in [-0.4, -0.2) is 48.4 Å². The average Bonchev–Trinajstić information content (AvgIpc) is 2.85. The van der Waals surface area contributed by atoms with Gasteiger partial charge in [0.25, 0.3) is 0 Å². The topological polar surface area (TPSA) is 64.9 Å². The molecule has 1 atom stereocenters. The van der Waals surface area contributed by atoms with Crippen molar-refractivity contribution in [3.8, 4) is 22.3 Å². The summed E-state index contributed by atoms with van der Waals surface area (Å²) in [6.07, 6.45) is 3.58. The lowest BCUT2D eigenvalue weighted by Crippen LogP contribution is -2.41. The number of carbonyl (C=O) groups is 1. The lowest BCUT2D eigenvalue weighted by atomic mass is 9.96. The molecule has 0 bridgehead atoms. The molecule has 1 aliphatic heterocycles. The predicted octanol–water partition coefficient (Wildman–Crippen LogP) is 4.74. The Kier molecular flexibility index (Phi) is 7.31. The molecular formula is C27H29N3O2. The Bertz CT molecular complexity index is 1070. The molecule has 164 valence electrons. The van der Waals surface area contributed by atoms with Crippen LogP contribution in [0.25, 0.3) is 22.3 Å². The van der Waals surface area contributed by atoms with Gasteiger partial charge in [0.1, 0.15) is 0 Å².